The van der Waals surface area contributed by atoms with E-state index in [4.69, 9.17) is 15.2 Å². The van der Waals surface area contributed by atoms with Crippen LogP contribution in [0.25, 0.3) is 22.7 Å². The number of anilines is 1. The van der Waals surface area contributed by atoms with Crippen molar-refractivity contribution in [1.29, 1.82) is 0 Å². The summed E-state index contributed by atoms with van der Waals surface area (Å²) in [7, 11) is 1.86. The number of aryl methyl sites for hydroxylation is 1. The van der Waals surface area contributed by atoms with Gasteiger partial charge in [-0.1, -0.05) is 11.2 Å². The highest BCUT2D eigenvalue weighted by Crippen LogP contribution is 2.50. The lowest BCUT2D eigenvalue weighted by molar-refractivity contribution is 0.386. The third-order valence-corrected chi connectivity index (χ3v) is 5.57. The minimum Gasteiger partial charge on any atom is -0.368 e. The Morgan fingerprint density at radius 3 is 2.48 bits per heavy atom. The van der Waals surface area contributed by atoms with Crippen LogP contribution < -0.4 is 5.73 Å². The van der Waals surface area contributed by atoms with Crippen molar-refractivity contribution in [1.82, 2.24) is 34.9 Å². The second kappa shape index (κ2) is 6.47. The number of nitrogens with two attached hydrogens (primary N) is 1. The molecule has 0 spiro atoms. The van der Waals surface area contributed by atoms with E-state index in [-0.39, 0.29) is 11.4 Å². The molecule has 9 nitrogen and oxygen atoms in total. The highest BCUT2D eigenvalue weighted by atomic mass is 16.5. The van der Waals surface area contributed by atoms with Crippen LogP contribution in [0.1, 0.15) is 31.2 Å². The number of pyridine rings is 1. The highest BCUT2D eigenvalue weighted by Gasteiger charge is 2.47. The Bertz CT molecular complexity index is 1140. The molecule has 4 heterocycles. The average Bonchev–Trinajstić information content (AvgIpc) is 3.32. The van der Waals surface area contributed by atoms with E-state index >= 15 is 0 Å². The lowest BCUT2D eigenvalue weighted by Gasteiger charge is -2.26. The molecule has 1 fully saturated rings. The Kier molecular flexibility index (Phi) is 3.90. The molecule has 0 amide bonds. The molecule has 1 saturated carbocycles. The number of aromatic nitrogens is 7. The SMILES string of the molecule is Cn1cc(-c2nc([C@@](C)(c3ccc(-c4cnc(N)nc4)nc3)C3CC3)no2)cn1. The van der Waals surface area contributed by atoms with Crippen LogP contribution >= 0.6 is 0 Å². The van der Waals surface area contributed by atoms with Crippen LogP contribution in [0.4, 0.5) is 5.95 Å². The summed E-state index contributed by atoms with van der Waals surface area (Å²) in [6.45, 7) is 2.16. The van der Waals surface area contributed by atoms with Gasteiger partial charge in [0, 0.05) is 37.4 Å². The van der Waals surface area contributed by atoms with Crippen LogP contribution in [-0.4, -0.2) is 34.9 Å². The molecule has 0 aromatic carbocycles. The van der Waals surface area contributed by atoms with Crippen molar-refractivity contribution >= 4 is 5.95 Å². The van der Waals surface area contributed by atoms with Crippen LogP contribution in [0.2, 0.25) is 0 Å². The summed E-state index contributed by atoms with van der Waals surface area (Å²) in [6.07, 6.45) is 11.0. The quantitative estimate of drug-likeness (QED) is 0.554. The van der Waals surface area contributed by atoms with E-state index in [1.54, 1.807) is 23.3 Å². The highest BCUT2D eigenvalue weighted by molar-refractivity contribution is 5.58. The predicted octanol–water partition coefficient (Wildman–Crippen LogP) is 2.62. The van der Waals surface area contributed by atoms with Crippen LogP contribution in [0.3, 0.4) is 0 Å². The normalized spacial score (nSPS) is 15.9. The van der Waals surface area contributed by atoms with Crippen molar-refractivity contribution < 1.29 is 4.52 Å². The third kappa shape index (κ3) is 3.04. The molecular formula is C20H20N8O. The number of hydrogen-bond acceptors (Lipinski definition) is 8. The van der Waals surface area contributed by atoms with Crippen LogP contribution in [0, 0.1) is 5.92 Å². The second-order valence-corrected chi connectivity index (χ2v) is 7.56. The zero-order valence-corrected chi connectivity index (χ0v) is 16.1. The number of hydrogen-bond donors (Lipinski definition) is 1. The smallest absolute Gasteiger partial charge is 0.261 e. The molecule has 1 aliphatic carbocycles. The molecule has 0 bridgehead atoms. The zero-order valence-electron chi connectivity index (χ0n) is 16.1. The van der Waals surface area contributed by atoms with Crippen molar-refractivity contribution in [3.05, 3.63) is 54.5 Å². The van der Waals surface area contributed by atoms with E-state index in [2.05, 4.69) is 38.2 Å². The number of nitrogen functional groups attached to an aromatic ring is 1. The van der Waals surface area contributed by atoms with Gasteiger partial charge in [0.25, 0.3) is 5.89 Å². The molecule has 2 N–H and O–H groups in total. The minimum absolute atomic E-state index is 0.244. The fraction of sp³-hybridized carbons (Fsp3) is 0.300. The summed E-state index contributed by atoms with van der Waals surface area (Å²) < 4.78 is 7.26. The van der Waals surface area contributed by atoms with E-state index in [9.17, 15) is 0 Å². The van der Waals surface area contributed by atoms with E-state index < -0.39 is 0 Å². The molecule has 9 heteroatoms. The van der Waals surface area contributed by atoms with Gasteiger partial charge in [0.05, 0.1) is 22.9 Å². The summed E-state index contributed by atoms with van der Waals surface area (Å²) >= 11 is 0. The van der Waals surface area contributed by atoms with Crippen molar-refractivity contribution in [2.45, 2.75) is 25.2 Å². The maximum absolute atomic E-state index is 5.57. The molecule has 4 aromatic rings. The van der Waals surface area contributed by atoms with Gasteiger partial charge in [-0.3, -0.25) is 9.67 Å². The molecule has 4 aromatic heterocycles. The van der Waals surface area contributed by atoms with Gasteiger partial charge in [-0.25, -0.2) is 9.97 Å². The van der Waals surface area contributed by atoms with Crippen molar-refractivity contribution in [2.24, 2.45) is 13.0 Å². The van der Waals surface area contributed by atoms with Crippen LogP contribution in [0.15, 0.2) is 47.6 Å². The van der Waals surface area contributed by atoms with Crippen LogP contribution in [-0.2, 0) is 12.5 Å². The first kappa shape index (κ1) is 17.5. The average molecular weight is 388 g/mol. The van der Waals surface area contributed by atoms with Gasteiger partial charge in [-0.2, -0.15) is 10.1 Å². The Labute approximate surface area is 167 Å². The summed E-state index contributed by atoms with van der Waals surface area (Å²) in [5.74, 6) is 1.84. The lowest BCUT2D eigenvalue weighted by Crippen LogP contribution is -2.28. The Hall–Kier alpha value is -3.62. The summed E-state index contributed by atoms with van der Waals surface area (Å²) in [6, 6.07) is 4.03. The summed E-state index contributed by atoms with van der Waals surface area (Å²) in [4.78, 5) is 17.4. The monoisotopic (exact) mass is 388 g/mol. The van der Waals surface area contributed by atoms with Gasteiger partial charge in [0.1, 0.15) is 0 Å². The molecule has 1 aliphatic rings. The first-order valence-corrected chi connectivity index (χ1v) is 9.41. The fourth-order valence-electron chi connectivity index (χ4n) is 3.63. The Morgan fingerprint density at radius 2 is 1.86 bits per heavy atom. The number of nitrogens with zero attached hydrogens (tertiary/aromatic N) is 7. The largest absolute Gasteiger partial charge is 0.368 e. The van der Waals surface area contributed by atoms with E-state index in [0.717, 1.165) is 35.2 Å². The van der Waals surface area contributed by atoms with Crippen molar-refractivity contribution in [3.63, 3.8) is 0 Å². The molecule has 146 valence electrons. The predicted molar refractivity (Wildman–Crippen MR) is 105 cm³/mol. The van der Waals surface area contributed by atoms with Gasteiger partial charge in [0.15, 0.2) is 5.82 Å². The molecule has 5 rings (SSSR count). The summed E-state index contributed by atoms with van der Waals surface area (Å²) in [5.41, 5.74) is 8.66. The van der Waals surface area contributed by atoms with Gasteiger partial charge in [0.2, 0.25) is 5.95 Å². The van der Waals surface area contributed by atoms with Gasteiger partial charge >= 0.3 is 0 Å². The minimum atomic E-state index is -0.368. The van der Waals surface area contributed by atoms with Crippen molar-refractivity contribution in [3.8, 4) is 22.7 Å². The molecule has 1 atom stereocenters. The maximum Gasteiger partial charge on any atom is 0.261 e. The summed E-state index contributed by atoms with van der Waals surface area (Å²) in [5, 5.41) is 8.49. The molecule has 0 radical (unpaired) electrons. The van der Waals surface area contributed by atoms with Crippen LogP contribution in [0.5, 0.6) is 0 Å². The molecule has 29 heavy (non-hydrogen) atoms. The van der Waals surface area contributed by atoms with E-state index in [1.165, 1.54) is 0 Å². The third-order valence-electron chi connectivity index (χ3n) is 5.57. The topological polar surface area (TPSA) is 121 Å². The fourth-order valence-corrected chi connectivity index (χ4v) is 3.63. The first-order valence-electron chi connectivity index (χ1n) is 9.41. The molecule has 0 aliphatic heterocycles. The molecule has 0 saturated heterocycles. The molecular weight excluding hydrogens is 368 g/mol. The lowest BCUT2D eigenvalue weighted by atomic mass is 9.77. The second-order valence-electron chi connectivity index (χ2n) is 7.56. The Morgan fingerprint density at radius 1 is 1.07 bits per heavy atom. The van der Waals surface area contributed by atoms with E-state index in [0.29, 0.717) is 17.6 Å². The van der Waals surface area contributed by atoms with Gasteiger partial charge < -0.3 is 10.3 Å². The molecule has 0 unspecified atom stereocenters. The number of rotatable bonds is 5. The van der Waals surface area contributed by atoms with Gasteiger partial charge in [-0.15, -0.1) is 0 Å². The first-order chi connectivity index (χ1) is 14.0. The zero-order chi connectivity index (χ0) is 20.0. The maximum atomic E-state index is 5.57. The van der Waals surface area contributed by atoms with Gasteiger partial charge in [-0.05, 0) is 37.3 Å². The standard InChI is InChI=1S/C20H20N8O/c1-20(14-3-4-14,18-26-17(29-27-18)13-9-25-28(2)11-13)15-5-6-16(22-10-15)12-7-23-19(21)24-8-12/h5-11,14H,3-4H2,1-2H3,(H2,21,23,24)/t20-/m1/s1. The van der Waals surface area contributed by atoms with Crippen molar-refractivity contribution in [2.75, 3.05) is 5.73 Å². The Balaban J connectivity index is 1.50. The van der Waals surface area contributed by atoms with E-state index in [1.807, 2.05) is 25.5 Å².